The molecule has 0 spiro atoms. The summed E-state index contributed by atoms with van der Waals surface area (Å²) in [5.74, 6) is -3.01. The third-order valence-electron chi connectivity index (χ3n) is 5.13. The molecule has 0 unspecified atom stereocenters. The lowest BCUT2D eigenvalue weighted by Crippen LogP contribution is -2.56. The van der Waals surface area contributed by atoms with E-state index in [0.717, 1.165) is 37.7 Å². The van der Waals surface area contributed by atoms with Crippen LogP contribution in [0, 0.1) is 11.6 Å². The number of H-pyrrole nitrogens is 1. The first-order chi connectivity index (χ1) is 14.6. The Morgan fingerprint density at radius 2 is 1.97 bits per heavy atom. The number of nitrogens with one attached hydrogen (secondary N) is 3. The Balaban J connectivity index is 1.61. The van der Waals surface area contributed by atoms with Crippen molar-refractivity contribution < 1.29 is 22.3 Å². The highest BCUT2D eigenvalue weighted by molar-refractivity contribution is 8.13. The lowest BCUT2D eigenvalue weighted by molar-refractivity contribution is 0.102. The van der Waals surface area contributed by atoms with Crippen molar-refractivity contribution in [3.63, 3.8) is 0 Å². The molecule has 1 aromatic carbocycles. The Hall–Kier alpha value is -2.96. The molecule has 3 aromatic rings. The number of halogens is 2. The zero-order valence-electron chi connectivity index (χ0n) is 16.7. The molecule has 31 heavy (non-hydrogen) atoms. The van der Waals surface area contributed by atoms with Gasteiger partial charge in [0, 0.05) is 19.3 Å². The van der Waals surface area contributed by atoms with Gasteiger partial charge in [-0.2, -0.15) is 8.51 Å². The zero-order chi connectivity index (χ0) is 22.2. The van der Waals surface area contributed by atoms with E-state index >= 15 is 4.39 Å². The fraction of sp³-hybridized carbons (Fsp3) is 0.316. The Bertz CT molecular complexity index is 1220. The van der Waals surface area contributed by atoms with Crippen LogP contribution in [0.5, 0.6) is 0 Å². The fourth-order valence-corrected chi connectivity index (χ4v) is 5.41. The first-order valence-electron chi connectivity index (χ1n) is 9.64. The number of anilines is 2. The van der Waals surface area contributed by atoms with E-state index in [4.69, 9.17) is 0 Å². The van der Waals surface area contributed by atoms with Crippen molar-refractivity contribution in [2.45, 2.75) is 19.3 Å². The first kappa shape index (κ1) is 21.3. The number of hydrogen-bond acceptors (Lipinski definition) is 4. The minimum atomic E-state index is -4.61. The molecule has 0 atom stereocenters. The van der Waals surface area contributed by atoms with Gasteiger partial charge in [-0.25, -0.2) is 18.7 Å². The van der Waals surface area contributed by atoms with E-state index < -0.39 is 38.6 Å². The highest BCUT2D eigenvalue weighted by Crippen LogP contribution is 2.33. The van der Waals surface area contributed by atoms with Crippen molar-refractivity contribution in [1.82, 2.24) is 19.3 Å². The average molecular weight is 452 g/mol. The lowest BCUT2D eigenvalue weighted by atomic mass is 10.2. The Kier molecular flexibility index (Phi) is 5.23. The summed E-state index contributed by atoms with van der Waals surface area (Å²) in [6.07, 6.45) is 6.16. The largest absolute Gasteiger partial charge is 0.343 e. The molecule has 1 amide bonds. The number of rotatable bonds is 5. The molecule has 1 saturated heterocycles. The minimum absolute atomic E-state index is 0.0573. The molecule has 1 aliphatic heterocycles. The number of aromatic nitrogens is 3. The molecule has 2 aromatic heterocycles. The summed E-state index contributed by atoms with van der Waals surface area (Å²) >= 11 is 0. The number of carbonyl (C=O) groups excluding carboxylic acids is 1. The molecule has 1 aliphatic rings. The number of aromatic amines is 1. The standard InChI is InChI=1S/C19H22F2N6O3S/c1-31(29,30,27-7-3-2-4-8-27)26-14-6-5-13(20)17(16(14)21)25-19(28)12-9-15-18(22-10-12)24-11-23-15/h5-6,9-11H,2-4,7-8H2,1H3,(H,25,28)(H,22,23,24)(H2,26,29,30). The number of pyridine rings is 1. The van der Waals surface area contributed by atoms with Gasteiger partial charge in [0.1, 0.15) is 11.5 Å². The Morgan fingerprint density at radius 3 is 2.71 bits per heavy atom. The van der Waals surface area contributed by atoms with E-state index in [1.54, 1.807) is 0 Å². The van der Waals surface area contributed by atoms with E-state index in [-0.39, 0.29) is 5.56 Å². The quantitative estimate of drug-likeness (QED) is 0.474. The zero-order valence-corrected chi connectivity index (χ0v) is 17.5. The maximum absolute atomic E-state index is 15.1. The third-order valence-corrected chi connectivity index (χ3v) is 7.41. The Morgan fingerprint density at radius 1 is 1.23 bits per heavy atom. The Labute approximate surface area is 176 Å². The molecule has 4 N–H and O–H groups in total. The van der Waals surface area contributed by atoms with Gasteiger partial charge in [-0.1, -0.05) is 16.1 Å². The maximum Gasteiger partial charge on any atom is 0.257 e. The van der Waals surface area contributed by atoms with Gasteiger partial charge in [0.25, 0.3) is 5.91 Å². The molecule has 9 nitrogen and oxygen atoms in total. The number of fused-ring (bicyclic) bond motifs is 1. The summed E-state index contributed by atoms with van der Waals surface area (Å²) < 4.78 is 57.1. The van der Waals surface area contributed by atoms with Crippen LogP contribution in [0.25, 0.3) is 11.2 Å². The van der Waals surface area contributed by atoms with Crippen LogP contribution in [0.3, 0.4) is 0 Å². The fourth-order valence-electron chi connectivity index (χ4n) is 3.50. The highest BCUT2D eigenvalue weighted by atomic mass is 32.3. The van der Waals surface area contributed by atoms with Crippen molar-refractivity contribution >= 4 is 38.2 Å². The SMILES string of the molecule is CS(=O)(O)(Nc1ccc(F)c(NC(=O)c2cnc3nc[nH]c3c2)c1F)N1CCCCC1. The van der Waals surface area contributed by atoms with E-state index in [2.05, 4.69) is 25.0 Å². The maximum atomic E-state index is 15.1. The van der Waals surface area contributed by atoms with E-state index in [9.17, 15) is 17.9 Å². The molecule has 0 bridgehead atoms. The second-order valence-electron chi connectivity index (χ2n) is 7.56. The van der Waals surface area contributed by atoms with Crippen LogP contribution in [0.15, 0.2) is 30.7 Å². The third kappa shape index (κ3) is 4.27. The van der Waals surface area contributed by atoms with Crippen LogP contribution in [0.4, 0.5) is 20.2 Å². The van der Waals surface area contributed by atoms with Crippen LogP contribution in [0.2, 0.25) is 0 Å². The van der Waals surface area contributed by atoms with Gasteiger partial charge in [0.15, 0.2) is 11.5 Å². The number of amides is 1. The number of imidazole rings is 1. The molecule has 1 fully saturated rings. The van der Waals surface area contributed by atoms with Crippen LogP contribution in [-0.4, -0.2) is 53.3 Å². The molecule has 0 radical (unpaired) electrons. The highest BCUT2D eigenvalue weighted by Gasteiger charge is 2.32. The molecular formula is C19H22F2N6O3S. The van der Waals surface area contributed by atoms with Crippen molar-refractivity contribution in [1.29, 1.82) is 0 Å². The van der Waals surface area contributed by atoms with Crippen molar-refractivity contribution in [3.8, 4) is 0 Å². The summed E-state index contributed by atoms with van der Waals surface area (Å²) in [4.78, 5) is 23.3. The van der Waals surface area contributed by atoms with Gasteiger partial charge >= 0.3 is 0 Å². The number of hydrogen-bond donors (Lipinski definition) is 4. The van der Waals surface area contributed by atoms with Crippen LogP contribution < -0.4 is 10.0 Å². The van der Waals surface area contributed by atoms with Gasteiger partial charge < -0.3 is 10.3 Å². The predicted molar refractivity (Wildman–Crippen MR) is 114 cm³/mol. The van der Waals surface area contributed by atoms with E-state index in [0.29, 0.717) is 24.3 Å². The predicted octanol–water partition coefficient (Wildman–Crippen LogP) is 3.14. The smallest absolute Gasteiger partial charge is 0.257 e. The normalized spacial score (nSPS) is 16.6. The molecule has 166 valence electrons. The molecule has 4 rings (SSSR count). The monoisotopic (exact) mass is 452 g/mol. The van der Waals surface area contributed by atoms with Gasteiger partial charge in [-0.15, -0.1) is 0 Å². The molecule has 0 saturated carbocycles. The molecule has 0 aliphatic carbocycles. The van der Waals surface area contributed by atoms with Gasteiger partial charge in [-0.05, 0) is 31.0 Å². The van der Waals surface area contributed by atoms with Crippen LogP contribution in [0.1, 0.15) is 29.6 Å². The van der Waals surface area contributed by atoms with Gasteiger partial charge in [0.2, 0.25) is 0 Å². The van der Waals surface area contributed by atoms with E-state index in [1.807, 2.05) is 0 Å². The van der Waals surface area contributed by atoms with Gasteiger partial charge in [-0.3, -0.25) is 14.1 Å². The number of piperidine rings is 1. The lowest BCUT2D eigenvalue weighted by Gasteiger charge is -2.50. The first-order valence-corrected chi connectivity index (χ1v) is 11.9. The van der Waals surface area contributed by atoms with Crippen molar-refractivity contribution in [2.24, 2.45) is 0 Å². The summed E-state index contributed by atoms with van der Waals surface area (Å²) in [6.45, 7) is 0.752. The van der Waals surface area contributed by atoms with Crippen LogP contribution >= 0.6 is 0 Å². The number of nitrogens with zero attached hydrogens (tertiary/aromatic N) is 3. The number of carbonyl (C=O) groups is 1. The molecular weight excluding hydrogens is 430 g/mol. The summed E-state index contributed by atoms with van der Waals surface area (Å²) in [5.41, 5.74) is -0.195. The minimum Gasteiger partial charge on any atom is -0.343 e. The van der Waals surface area contributed by atoms with Gasteiger partial charge in [0.05, 0.1) is 29.4 Å². The second-order valence-corrected chi connectivity index (χ2v) is 10.7. The van der Waals surface area contributed by atoms with E-state index in [1.165, 1.54) is 22.9 Å². The summed E-state index contributed by atoms with van der Waals surface area (Å²) in [5, 5.41) is 2.18. The topological polar surface area (TPSA) is 123 Å². The van der Waals surface area contributed by atoms with Crippen molar-refractivity contribution in [2.75, 3.05) is 29.4 Å². The molecule has 12 heteroatoms. The average Bonchev–Trinajstić information content (AvgIpc) is 3.21. The van der Waals surface area contributed by atoms with Crippen molar-refractivity contribution in [3.05, 3.63) is 47.9 Å². The number of benzene rings is 1. The molecule has 3 heterocycles. The van der Waals surface area contributed by atoms with Crippen LogP contribution in [-0.2, 0) is 9.72 Å². The second kappa shape index (κ2) is 7.62. The summed E-state index contributed by atoms with van der Waals surface area (Å²) in [7, 11) is -4.61. The summed E-state index contributed by atoms with van der Waals surface area (Å²) in [6, 6.07) is 3.38.